The Bertz CT molecular complexity index is 977. The average molecular weight is 366 g/mol. The standard InChI is InChI=1S/C20H22N4O3/c1-13-4-3-8-21-18(13)19(25)22-15-5-6-16-17(10-15)24(2)23-20(16)27-12-14-7-9-26-11-14/h3-6,8,10,14H,7,9,11-12H2,1-2H3,(H,22,25). The fraction of sp³-hybridized carbons (Fsp3) is 0.350. The highest BCUT2D eigenvalue weighted by atomic mass is 16.5. The van der Waals surface area contributed by atoms with Crippen LogP contribution in [0.5, 0.6) is 5.88 Å². The highest BCUT2D eigenvalue weighted by Gasteiger charge is 2.18. The zero-order valence-corrected chi connectivity index (χ0v) is 15.4. The van der Waals surface area contributed by atoms with Crippen LogP contribution in [0, 0.1) is 12.8 Å². The predicted molar refractivity (Wildman–Crippen MR) is 102 cm³/mol. The van der Waals surface area contributed by atoms with Gasteiger partial charge in [-0.1, -0.05) is 6.07 Å². The fourth-order valence-electron chi connectivity index (χ4n) is 3.23. The van der Waals surface area contributed by atoms with Gasteiger partial charge < -0.3 is 14.8 Å². The zero-order chi connectivity index (χ0) is 18.8. The van der Waals surface area contributed by atoms with Crippen LogP contribution in [0.2, 0.25) is 0 Å². The summed E-state index contributed by atoms with van der Waals surface area (Å²) in [5.41, 5.74) is 2.84. The van der Waals surface area contributed by atoms with E-state index in [1.807, 2.05) is 44.3 Å². The van der Waals surface area contributed by atoms with Crippen molar-refractivity contribution in [1.29, 1.82) is 0 Å². The molecule has 1 N–H and O–H groups in total. The third-order valence-electron chi connectivity index (χ3n) is 4.78. The van der Waals surface area contributed by atoms with Gasteiger partial charge in [0, 0.05) is 31.5 Å². The van der Waals surface area contributed by atoms with Crippen molar-refractivity contribution in [2.75, 3.05) is 25.1 Å². The molecule has 140 valence electrons. The van der Waals surface area contributed by atoms with E-state index < -0.39 is 0 Å². The van der Waals surface area contributed by atoms with Crippen molar-refractivity contribution >= 4 is 22.5 Å². The van der Waals surface area contributed by atoms with E-state index in [-0.39, 0.29) is 5.91 Å². The Morgan fingerprint density at radius 1 is 1.41 bits per heavy atom. The van der Waals surface area contributed by atoms with Crippen molar-refractivity contribution in [3.8, 4) is 5.88 Å². The molecule has 1 aliphatic heterocycles. The van der Waals surface area contributed by atoms with Crippen molar-refractivity contribution < 1.29 is 14.3 Å². The third kappa shape index (κ3) is 3.64. The van der Waals surface area contributed by atoms with Gasteiger partial charge >= 0.3 is 0 Å². The fourth-order valence-corrected chi connectivity index (χ4v) is 3.23. The Balaban J connectivity index is 1.53. The van der Waals surface area contributed by atoms with E-state index in [0.29, 0.717) is 29.8 Å². The molecule has 0 aliphatic carbocycles. The summed E-state index contributed by atoms with van der Waals surface area (Å²) in [7, 11) is 1.86. The quantitative estimate of drug-likeness (QED) is 0.751. The van der Waals surface area contributed by atoms with E-state index in [1.54, 1.807) is 10.9 Å². The summed E-state index contributed by atoms with van der Waals surface area (Å²) < 4.78 is 13.1. The first-order valence-electron chi connectivity index (χ1n) is 9.02. The Hall–Kier alpha value is -2.93. The number of benzene rings is 1. The highest BCUT2D eigenvalue weighted by Crippen LogP contribution is 2.28. The number of rotatable bonds is 5. The molecule has 0 saturated carbocycles. The molecule has 0 bridgehead atoms. The van der Waals surface area contributed by atoms with Crippen molar-refractivity contribution in [3.63, 3.8) is 0 Å². The Morgan fingerprint density at radius 2 is 2.30 bits per heavy atom. The minimum atomic E-state index is -0.229. The van der Waals surface area contributed by atoms with Crippen LogP contribution in [-0.4, -0.2) is 40.5 Å². The molecule has 1 atom stereocenters. The van der Waals surface area contributed by atoms with Gasteiger partial charge in [-0.15, -0.1) is 5.10 Å². The number of aromatic nitrogens is 3. The lowest BCUT2D eigenvalue weighted by Crippen LogP contribution is -2.15. The summed E-state index contributed by atoms with van der Waals surface area (Å²) in [5.74, 6) is 0.799. The van der Waals surface area contributed by atoms with Crippen molar-refractivity contribution in [2.24, 2.45) is 13.0 Å². The summed E-state index contributed by atoms with van der Waals surface area (Å²) in [5, 5.41) is 8.30. The van der Waals surface area contributed by atoms with Crippen LogP contribution in [0.3, 0.4) is 0 Å². The van der Waals surface area contributed by atoms with Gasteiger partial charge in [0.2, 0.25) is 5.88 Å². The van der Waals surface area contributed by atoms with E-state index in [1.165, 1.54) is 0 Å². The van der Waals surface area contributed by atoms with Gasteiger partial charge in [-0.25, -0.2) is 0 Å². The minimum Gasteiger partial charge on any atom is -0.476 e. The molecule has 1 amide bonds. The van der Waals surface area contributed by atoms with Gasteiger partial charge in [-0.05, 0) is 43.2 Å². The first-order chi connectivity index (χ1) is 13.1. The second-order valence-corrected chi connectivity index (χ2v) is 6.82. The molecule has 0 spiro atoms. The molecule has 7 heteroatoms. The summed E-state index contributed by atoms with van der Waals surface area (Å²) >= 11 is 0. The molecule has 2 aromatic heterocycles. The number of hydrogen-bond acceptors (Lipinski definition) is 5. The van der Waals surface area contributed by atoms with E-state index >= 15 is 0 Å². The first kappa shape index (κ1) is 17.5. The van der Waals surface area contributed by atoms with Crippen molar-refractivity contribution in [2.45, 2.75) is 13.3 Å². The molecule has 3 heterocycles. The lowest BCUT2D eigenvalue weighted by Gasteiger charge is -2.08. The number of ether oxygens (including phenoxy) is 2. The second-order valence-electron chi connectivity index (χ2n) is 6.82. The maximum Gasteiger partial charge on any atom is 0.274 e. The number of anilines is 1. The summed E-state index contributed by atoms with van der Waals surface area (Å²) in [4.78, 5) is 16.6. The summed E-state index contributed by atoms with van der Waals surface area (Å²) in [6.45, 7) is 4.01. The molecule has 4 rings (SSSR count). The second kappa shape index (κ2) is 7.36. The van der Waals surface area contributed by atoms with E-state index in [0.717, 1.165) is 36.1 Å². The molecular weight excluding hydrogens is 344 g/mol. The Morgan fingerprint density at radius 3 is 3.07 bits per heavy atom. The molecule has 0 radical (unpaired) electrons. The van der Waals surface area contributed by atoms with Crippen LogP contribution in [-0.2, 0) is 11.8 Å². The maximum absolute atomic E-state index is 12.5. The first-order valence-corrected chi connectivity index (χ1v) is 9.02. The summed E-state index contributed by atoms with van der Waals surface area (Å²) in [6, 6.07) is 9.34. The summed E-state index contributed by atoms with van der Waals surface area (Å²) in [6.07, 6.45) is 2.64. The number of carbonyl (C=O) groups excluding carboxylic acids is 1. The largest absolute Gasteiger partial charge is 0.476 e. The lowest BCUT2D eigenvalue weighted by molar-refractivity contribution is 0.102. The smallest absolute Gasteiger partial charge is 0.274 e. The molecule has 1 fully saturated rings. The molecule has 1 saturated heterocycles. The number of nitrogens with zero attached hydrogens (tertiary/aromatic N) is 3. The Kier molecular flexibility index (Phi) is 4.77. The van der Waals surface area contributed by atoms with Gasteiger partial charge in [0.05, 0.1) is 24.1 Å². The maximum atomic E-state index is 12.5. The van der Waals surface area contributed by atoms with Crippen LogP contribution >= 0.6 is 0 Å². The van der Waals surface area contributed by atoms with E-state index in [9.17, 15) is 4.79 Å². The van der Waals surface area contributed by atoms with Gasteiger partial charge in [-0.2, -0.15) is 0 Å². The highest BCUT2D eigenvalue weighted by molar-refractivity contribution is 6.04. The number of nitrogens with one attached hydrogen (secondary N) is 1. The van der Waals surface area contributed by atoms with Crippen LogP contribution < -0.4 is 10.1 Å². The van der Waals surface area contributed by atoms with E-state index in [2.05, 4.69) is 15.4 Å². The van der Waals surface area contributed by atoms with Gasteiger partial charge in [0.15, 0.2) is 0 Å². The molecule has 1 aliphatic rings. The van der Waals surface area contributed by atoms with E-state index in [4.69, 9.17) is 9.47 Å². The molecule has 1 unspecified atom stereocenters. The normalized spacial score (nSPS) is 16.6. The zero-order valence-electron chi connectivity index (χ0n) is 15.4. The number of hydrogen-bond donors (Lipinski definition) is 1. The minimum absolute atomic E-state index is 0.229. The van der Waals surface area contributed by atoms with Crippen molar-refractivity contribution in [1.82, 2.24) is 14.8 Å². The molecule has 1 aromatic carbocycles. The lowest BCUT2D eigenvalue weighted by atomic mass is 10.1. The van der Waals surface area contributed by atoms with Gasteiger partial charge in [0.25, 0.3) is 5.91 Å². The van der Waals surface area contributed by atoms with Crippen LogP contribution in [0.15, 0.2) is 36.5 Å². The van der Waals surface area contributed by atoms with Crippen molar-refractivity contribution in [3.05, 3.63) is 47.8 Å². The topological polar surface area (TPSA) is 78.3 Å². The van der Waals surface area contributed by atoms with Gasteiger partial charge in [0.1, 0.15) is 5.69 Å². The molecule has 7 nitrogen and oxygen atoms in total. The number of amides is 1. The molecule has 3 aromatic rings. The number of fused-ring (bicyclic) bond motifs is 1. The van der Waals surface area contributed by atoms with Crippen LogP contribution in [0.1, 0.15) is 22.5 Å². The van der Waals surface area contributed by atoms with Crippen LogP contribution in [0.25, 0.3) is 10.9 Å². The predicted octanol–water partition coefficient (Wildman–Crippen LogP) is 2.94. The SMILES string of the molecule is Cc1cccnc1C(=O)Nc1ccc2c(OCC3CCOC3)nn(C)c2c1. The third-order valence-corrected chi connectivity index (χ3v) is 4.78. The Labute approximate surface area is 157 Å². The van der Waals surface area contributed by atoms with Gasteiger partial charge in [-0.3, -0.25) is 14.5 Å². The number of aryl methyl sites for hydroxylation is 2. The molecule has 27 heavy (non-hydrogen) atoms. The average Bonchev–Trinajstić information content (AvgIpc) is 3.28. The van der Waals surface area contributed by atoms with Crippen LogP contribution in [0.4, 0.5) is 5.69 Å². The molecular formula is C20H22N4O3. The number of pyridine rings is 1. The monoisotopic (exact) mass is 366 g/mol. The number of carbonyl (C=O) groups is 1.